The van der Waals surface area contributed by atoms with E-state index < -0.39 is 0 Å². The van der Waals surface area contributed by atoms with Crippen LogP contribution in [-0.2, 0) is 6.42 Å². The van der Waals surface area contributed by atoms with Gasteiger partial charge in [-0.15, -0.1) is 0 Å². The molecule has 0 saturated heterocycles. The van der Waals surface area contributed by atoms with Crippen LogP contribution in [0.1, 0.15) is 5.56 Å². The van der Waals surface area contributed by atoms with Crippen molar-refractivity contribution in [1.29, 1.82) is 5.26 Å². The van der Waals surface area contributed by atoms with Gasteiger partial charge in [0, 0.05) is 15.6 Å². The molecule has 0 atom stereocenters. The molecule has 2 aromatic rings. The van der Waals surface area contributed by atoms with Gasteiger partial charge in [-0.05, 0) is 29.8 Å². The van der Waals surface area contributed by atoms with Crippen molar-refractivity contribution in [2.45, 2.75) is 6.42 Å². The average Bonchev–Trinajstić information content (AvgIpc) is 2.28. The van der Waals surface area contributed by atoms with Gasteiger partial charge in [0.2, 0.25) is 0 Å². The number of aromatic nitrogens is 1. The number of nitrogens with zero attached hydrogens (tertiary/aromatic N) is 2. The molecule has 0 aliphatic carbocycles. The number of pyridine rings is 1. The van der Waals surface area contributed by atoms with Gasteiger partial charge in [-0.1, -0.05) is 23.2 Å². The predicted octanol–water partition coefficient (Wildman–Crippen LogP) is 3.70. The second-order valence-electron chi connectivity index (χ2n) is 3.77. The van der Waals surface area contributed by atoms with Crippen molar-refractivity contribution in [3.63, 3.8) is 0 Å². The standard InChI is InChI=1S/C13H9Cl2N3/c14-10-3-9(4-11(15)6-10)13-8(1-2-16)5-12(17)7-18-13/h3-7H,1,17H2. The maximum atomic E-state index is 8.82. The summed E-state index contributed by atoms with van der Waals surface area (Å²) in [6.45, 7) is 0. The quantitative estimate of drug-likeness (QED) is 0.910. The number of nitrogens with two attached hydrogens (primary N) is 1. The highest BCUT2D eigenvalue weighted by molar-refractivity contribution is 6.35. The molecular weight excluding hydrogens is 269 g/mol. The van der Waals surface area contributed by atoms with E-state index in [-0.39, 0.29) is 6.42 Å². The maximum absolute atomic E-state index is 8.82. The van der Waals surface area contributed by atoms with Gasteiger partial charge >= 0.3 is 0 Å². The highest BCUT2D eigenvalue weighted by Gasteiger charge is 2.09. The third-order valence-corrected chi connectivity index (χ3v) is 2.83. The van der Waals surface area contributed by atoms with Gasteiger partial charge in [-0.25, -0.2) is 0 Å². The molecule has 0 saturated carbocycles. The third kappa shape index (κ3) is 2.73. The Labute approximate surface area is 115 Å². The zero-order valence-electron chi connectivity index (χ0n) is 9.32. The molecule has 5 heteroatoms. The molecule has 1 aromatic carbocycles. The zero-order valence-corrected chi connectivity index (χ0v) is 10.8. The summed E-state index contributed by atoms with van der Waals surface area (Å²) in [5, 5.41) is 9.87. The first kappa shape index (κ1) is 12.7. The maximum Gasteiger partial charge on any atom is 0.0747 e. The molecular formula is C13H9Cl2N3. The van der Waals surface area contributed by atoms with E-state index >= 15 is 0 Å². The van der Waals surface area contributed by atoms with E-state index in [2.05, 4.69) is 11.1 Å². The molecule has 0 amide bonds. The Bertz CT molecular complexity index is 612. The second-order valence-corrected chi connectivity index (χ2v) is 4.64. The van der Waals surface area contributed by atoms with Crippen LogP contribution in [0.5, 0.6) is 0 Å². The van der Waals surface area contributed by atoms with Crippen molar-refractivity contribution < 1.29 is 0 Å². The predicted molar refractivity (Wildman–Crippen MR) is 73.4 cm³/mol. The van der Waals surface area contributed by atoms with Crippen molar-refractivity contribution in [1.82, 2.24) is 4.98 Å². The minimum atomic E-state index is 0.234. The molecule has 1 heterocycles. The molecule has 3 nitrogen and oxygen atoms in total. The Morgan fingerprint density at radius 2 is 1.83 bits per heavy atom. The Hall–Kier alpha value is -1.76. The number of nitriles is 1. The summed E-state index contributed by atoms with van der Waals surface area (Å²) in [7, 11) is 0. The smallest absolute Gasteiger partial charge is 0.0747 e. The third-order valence-electron chi connectivity index (χ3n) is 2.39. The lowest BCUT2D eigenvalue weighted by atomic mass is 10.0. The largest absolute Gasteiger partial charge is 0.397 e. The molecule has 0 spiro atoms. The molecule has 0 aliphatic rings. The van der Waals surface area contributed by atoms with Gasteiger partial charge < -0.3 is 5.73 Å². The Kier molecular flexibility index (Phi) is 3.71. The van der Waals surface area contributed by atoms with Crippen LogP contribution in [0.4, 0.5) is 5.69 Å². The summed E-state index contributed by atoms with van der Waals surface area (Å²) in [5.74, 6) is 0. The number of hydrogen-bond acceptors (Lipinski definition) is 3. The van der Waals surface area contributed by atoms with Gasteiger partial charge in [0.1, 0.15) is 0 Å². The van der Waals surface area contributed by atoms with Crippen LogP contribution in [0.15, 0.2) is 30.5 Å². The van der Waals surface area contributed by atoms with Gasteiger partial charge in [0.25, 0.3) is 0 Å². The Morgan fingerprint density at radius 3 is 2.44 bits per heavy atom. The fourth-order valence-electron chi connectivity index (χ4n) is 1.70. The van der Waals surface area contributed by atoms with E-state index in [1.807, 2.05) is 0 Å². The molecule has 0 bridgehead atoms. The zero-order chi connectivity index (χ0) is 13.1. The average molecular weight is 278 g/mol. The fraction of sp³-hybridized carbons (Fsp3) is 0.0769. The van der Waals surface area contributed by atoms with Crippen LogP contribution < -0.4 is 5.73 Å². The van der Waals surface area contributed by atoms with Crippen molar-refractivity contribution in [3.8, 4) is 17.3 Å². The van der Waals surface area contributed by atoms with E-state index in [0.717, 1.165) is 11.1 Å². The number of nitrogen functional groups attached to an aromatic ring is 1. The number of halogens is 2. The second kappa shape index (κ2) is 5.26. The molecule has 2 rings (SSSR count). The van der Waals surface area contributed by atoms with Crippen LogP contribution in [0.25, 0.3) is 11.3 Å². The normalized spacial score (nSPS) is 10.1. The summed E-state index contributed by atoms with van der Waals surface area (Å²) in [6, 6.07) is 8.99. The van der Waals surface area contributed by atoms with Crippen LogP contribution in [0, 0.1) is 11.3 Å². The van der Waals surface area contributed by atoms with E-state index in [9.17, 15) is 0 Å². The van der Waals surface area contributed by atoms with Gasteiger partial charge in [0.05, 0.1) is 30.1 Å². The lowest BCUT2D eigenvalue weighted by Crippen LogP contribution is -1.96. The minimum Gasteiger partial charge on any atom is -0.397 e. The summed E-state index contributed by atoms with van der Waals surface area (Å²) in [4.78, 5) is 4.26. The monoisotopic (exact) mass is 277 g/mol. The first-order valence-electron chi connectivity index (χ1n) is 5.18. The van der Waals surface area contributed by atoms with Crippen molar-refractivity contribution >= 4 is 28.9 Å². The summed E-state index contributed by atoms with van der Waals surface area (Å²) in [5.41, 5.74) is 8.41. The first-order valence-corrected chi connectivity index (χ1v) is 5.93. The van der Waals surface area contributed by atoms with Crippen molar-refractivity contribution in [2.24, 2.45) is 0 Å². The van der Waals surface area contributed by atoms with E-state index in [0.29, 0.717) is 21.4 Å². The lowest BCUT2D eigenvalue weighted by molar-refractivity contribution is 1.20. The lowest BCUT2D eigenvalue weighted by Gasteiger charge is -2.08. The highest BCUT2D eigenvalue weighted by atomic mass is 35.5. The molecule has 0 radical (unpaired) electrons. The molecule has 2 N–H and O–H groups in total. The number of rotatable bonds is 2. The molecule has 90 valence electrons. The Balaban J connectivity index is 2.59. The molecule has 0 fully saturated rings. The van der Waals surface area contributed by atoms with Crippen LogP contribution in [0.3, 0.4) is 0 Å². The van der Waals surface area contributed by atoms with Crippen molar-refractivity contribution in [2.75, 3.05) is 5.73 Å². The van der Waals surface area contributed by atoms with E-state index in [4.69, 9.17) is 34.2 Å². The van der Waals surface area contributed by atoms with E-state index in [1.54, 1.807) is 30.5 Å². The minimum absolute atomic E-state index is 0.234. The molecule has 1 aromatic heterocycles. The SMILES string of the molecule is N#CCc1cc(N)cnc1-c1cc(Cl)cc(Cl)c1. The summed E-state index contributed by atoms with van der Waals surface area (Å²) in [6.07, 6.45) is 1.78. The highest BCUT2D eigenvalue weighted by Crippen LogP contribution is 2.29. The van der Waals surface area contributed by atoms with Gasteiger partial charge in [-0.2, -0.15) is 5.26 Å². The summed E-state index contributed by atoms with van der Waals surface area (Å²) >= 11 is 11.9. The van der Waals surface area contributed by atoms with Crippen LogP contribution in [0.2, 0.25) is 10.0 Å². The van der Waals surface area contributed by atoms with Crippen LogP contribution in [-0.4, -0.2) is 4.98 Å². The van der Waals surface area contributed by atoms with Crippen LogP contribution >= 0.6 is 23.2 Å². The Morgan fingerprint density at radius 1 is 1.17 bits per heavy atom. The molecule has 0 unspecified atom stereocenters. The van der Waals surface area contributed by atoms with Gasteiger partial charge in [-0.3, -0.25) is 4.98 Å². The van der Waals surface area contributed by atoms with E-state index in [1.165, 1.54) is 0 Å². The number of benzene rings is 1. The topological polar surface area (TPSA) is 62.7 Å². The number of anilines is 1. The number of hydrogen-bond donors (Lipinski definition) is 1. The fourth-order valence-corrected chi connectivity index (χ4v) is 2.23. The molecule has 18 heavy (non-hydrogen) atoms. The van der Waals surface area contributed by atoms with Crippen molar-refractivity contribution in [3.05, 3.63) is 46.1 Å². The molecule has 0 aliphatic heterocycles. The first-order chi connectivity index (χ1) is 8.60. The summed E-state index contributed by atoms with van der Waals surface area (Å²) < 4.78 is 0. The van der Waals surface area contributed by atoms with Gasteiger partial charge in [0.15, 0.2) is 0 Å².